The fourth-order valence-electron chi connectivity index (χ4n) is 1.19. The lowest BCUT2D eigenvalue weighted by atomic mass is 10.1. The number of thiol groups is 1. The smallest absolute Gasteiger partial charge is 0.0292 e. The predicted octanol–water partition coefficient (Wildman–Crippen LogP) is 3.83. The maximum Gasteiger partial charge on any atom is 0.0292 e. The Morgan fingerprint density at radius 2 is 2.33 bits per heavy atom. The Morgan fingerprint density at radius 3 is 3.07 bits per heavy atom. The Hall–Kier alpha value is -1.38. The van der Waals surface area contributed by atoms with Crippen molar-refractivity contribution in [2.75, 3.05) is 6.54 Å². The first kappa shape index (κ1) is 11.7. The zero-order chi connectivity index (χ0) is 10.9. The van der Waals surface area contributed by atoms with Gasteiger partial charge in [0.15, 0.2) is 0 Å². The molecule has 0 aliphatic heterocycles. The standard InChI is InChI=1S/C11H13N3S/c12-14-13-7-2-1-4-10-5-3-6-11(8-10)9-15/h1,3-6,8,15H,2,7,9H2. The van der Waals surface area contributed by atoms with E-state index in [2.05, 4.69) is 28.7 Å². The lowest BCUT2D eigenvalue weighted by Crippen LogP contribution is -1.79. The summed E-state index contributed by atoms with van der Waals surface area (Å²) in [4.78, 5) is 2.69. The van der Waals surface area contributed by atoms with E-state index in [9.17, 15) is 0 Å². The van der Waals surface area contributed by atoms with E-state index in [4.69, 9.17) is 5.53 Å². The van der Waals surface area contributed by atoms with Crippen LogP contribution < -0.4 is 0 Å². The van der Waals surface area contributed by atoms with Crippen molar-refractivity contribution in [3.05, 3.63) is 51.9 Å². The van der Waals surface area contributed by atoms with Gasteiger partial charge in [-0.2, -0.15) is 12.6 Å². The fourth-order valence-corrected chi connectivity index (χ4v) is 1.39. The van der Waals surface area contributed by atoms with Crippen LogP contribution in [0.5, 0.6) is 0 Å². The number of nitrogens with zero attached hydrogens (tertiary/aromatic N) is 3. The lowest BCUT2D eigenvalue weighted by Gasteiger charge is -1.97. The van der Waals surface area contributed by atoms with Gasteiger partial charge in [-0.15, -0.1) is 0 Å². The van der Waals surface area contributed by atoms with Gasteiger partial charge in [-0.3, -0.25) is 0 Å². The summed E-state index contributed by atoms with van der Waals surface area (Å²) in [5, 5.41) is 3.45. The Bertz CT molecular complexity index is 381. The molecule has 1 rings (SSSR count). The molecule has 0 N–H and O–H groups in total. The van der Waals surface area contributed by atoms with Crippen molar-refractivity contribution in [3.63, 3.8) is 0 Å². The number of hydrogen-bond acceptors (Lipinski definition) is 2. The van der Waals surface area contributed by atoms with E-state index < -0.39 is 0 Å². The summed E-state index contributed by atoms with van der Waals surface area (Å²) >= 11 is 4.22. The van der Waals surface area contributed by atoms with Crippen molar-refractivity contribution < 1.29 is 0 Å². The molecule has 0 aliphatic carbocycles. The summed E-state index contributed by atoms with van der Waals surface area (Å²) in [5.41, 5.74) is 10.4. The zero-order valence-corrected chi connectivity index (χ0v) is 9.27. The van der Waals surface area contributed by atoms with Crippen LogP contribution in [-0.4, -0.2) is 6.54 Å². The molecular weight excluding hydrogens is 206 g/mol. The lowest BCUT2D eigenvalue weighted by molar-refractivity contribution is 0.995. The Morgan fingerprint density at radius 1 is 1.47 bits per heavy atom. The van der Waals surface area contributed by atoms with Crippen molar-refractivity contribution in [1.29, 1.82) is 0 Å². The molecule has 78 valence electrons. The van der Waals surface area contributed by atoms with Crippen LogP contribution in [-0.2, 0) is 5.75 Å². The van der Waals surface area contributed by atoms with E-state index in [-0.39, 0.29) is 0 Å². The molecule has 0 fully saturated rings. The fraction of sp³-hybridized carbons (Fsp3) is 0.273. The molecule has 0 radical (unpaired) electrons. The highest BCUT2D eigenvalue weighted by Gasteiger charge is 1.89. The molecular formula is C11H13N3S. The summed E-state index contributed by atoms with van der Waals surface area (Å²) in [6.07, 6.45) is 4.81. The highest BCUT2D eigenvalue weighted by atomic mass is 32.1. The molecule has 0 saturated carbocycles. The van der Waals surface area contributed by atoms with Gasteiger partial charge in [0.1, 0.15) is 0 Å². The van der Waals surface area contributed by atoms with Crippen LogP contribution in [0.15, 0.2) is 35.5 Å². The number of hydrogen-bond donors (Lipinski definition) is 1. The van der Waals surface area contributed by atoms with Crippen LogP contribution in [0.2, 0.25) is 0 Å². The van der Waals surface area contributed by atoms with Gasteiger partial charge in [-0.25, -0.2) is 0 Å². The second kappa shape index (κ2) is 6.98. The third-order valence-electron chi connectivity index (χ3n) is 1.90. The zero-order valence-electron chi connectivity index (χ0n) is 8.37. The highest BCUT2D eigenvalue weighted by Crippen LogP contribution is 2.09. The Labute approximate surface area is 94.9 Å². The summed E-state index contributed by atoms with van der Waals surface area (Å²) < 4.78 is 0. The normalized spacial score (nSPS) is 10.2. The molecule has 0 atom stereocenters. The molecule has 0 bridgehead atoms. The molecule has 0 aliphatic rings. The third kappa shape index (κ3) is 4.58. The van der Waals surface area contributed by atoms with Gasteiger partial charge in [0, 0.05) is 17.2 Å². The summed E-state index contributed by atoms with van der Waals surface area (Å²) in [6.45, 7) is 0.513. The van der Waals surface area contributed by atoms with Crippen LogP contribution >= 0.6 is 12.6 Å². The molecule has 1 aromatic carbocycles. The minimum Gasteiger partial charge on any atom is -0.175 e. The Balaban J connectivity index is 2.52. The van der Waals surface area contributed by atoms with E-state index in [0.29, 0.717) is 6.54 Å². The van der Waals surface area contributed by atoms with Gasteiger partial charge in [0.2, 0.25) is 0 Å². The topological polar surface area (TPSA) is 48.8 Å². The molecule has 0 spiro atoms. The first-order chi connectivity index (χ1) is 7.36. The molecule has 3 nitrogen and oxygen atoms in total. The van der Waals surface area contributed by atoms with E-state index in [1.165, 1.54) is 5.56 Å². The average molecular weight is 219 g/mol. The monoisotopic (exact) mass is 219 g/mol. The molecule has 1 aromatic rings. The van der Waals surface area contributed by atoms with Crippen LogP contribution in [0.4, 0.5) is 0 Å². The van der Waals surface area contributed by atoms with Gasteiger partial charge < -0.3 is 0 Å². The van der Waals surface area contributed by atoms with E-state index in [0.717, 1.165) is 17.7 Å². The SMILES string of the molecule is [N-]=[N+]=NCCC=Cc1cccc(CS)c1. The molecule has 0 unspecified atom stereocenters. The van der Waals surface area contributed by atoms with Crippen LogP contribution in [0, 0.1) is 0 Å². The predicted molar refractivity (Wildman–Crippen MR) is 66.8 cm³/mol. The average Bonchev–Trinajstić information content (AvgIpc) is 2.29. The molecule has 15 heavy (non-hydrogen) atoms. The van der Waals surface area contributed by atoms with Crippen molar-refractivity contribution in [2.45, 2.75) is 12.2 Å². The van der Waals surface area contributed by atoms with Crippen LogP contribution in [0.25, 0.3) is 16.5 Å². The minimum atomic E-state index is 0.513. The first-order valence-corrected chi connectivity index (χ1v) is 5.37. The maximum atomic E-state index is 8.08. The summed E-state index contributed by atoms with van der Waals surface area (Å²) in [6, 6.07) is 8.19. The molecule has 0 aromatic heterocycles. The molecule has 0 heterocycles. The maximum absolute atomic E-state index is 8.08. The quantitative estimate of drug-likeness (QED) is 0.257. The van der Waals surface area contributed by atoms with Gasteiger partial charge >= 0.3 is 0 Å². The highest BCUT2D eigenvalue weighted by molar-refractivity contribution is 7.79. The minimum absolute atomic E-state index is 0.513. The van der Waals surface area contributed by atoms with Crippen molar-refractivity contribution >= 4 is 18.7 Å². The largest absolute Gasteiger partial charge is 0.175 e. The second-order valence-corrected chi connectivity index (χ2v) is 3.36. The molecule has 0 amide bonds. The molecule has 4 heteroatoms. The van der Waals surface area contributed by atoms with Crippen molar-refractivity contribution in [3.8, 4) is 0 Å². The van der Waals surface area contributed by atoms with Gasteiger partial charge in [-0.05, 0) is 23.1 Å². The first-order valence-electron chi connectivity index (χ1n) is 4.74. The summed E-state index contributed by atoms with van der Waals surface area (Å²) in [7, 11) is 0. The van der Waals surface area contributed by atoms with Crippen molar-refractivity contribution in [1.82, 2.24) is 0 Å². The van der Waals surface area contributed by atoms with E-state index in [1.54, 1.807) is 0 Å². The van der Waals surface area contributed by atoms with Crippen LogP contribution in [0.3, 0.4) is 0 Å². The number of azide groups is 1. The van der Waals surface area contributed by atoms with Gasteiger partial charge in [0.05, 0.1) is 0 Å². The van der Waals surface area contributed by atoms with Crippen LogP contribution in [0.1, 0.15) is 17.5 Å². The second-order valence-electron chi connectivity index (χ2n) is 3.05. The Kier molecular flexibility index (Phi) is 5.44. The molecule has 0 saturated heterocycles. The number of rotatable bonds is 5. The van der Waals surface area contributed by atoms with Crippen molar-refractivity contribution in [2.24, 2.45) is 5.11 Å². The summed E-state index contributed by atoms with van der Waals surface area (Å²) in [5.74, 6) is 0.750. The third-order valence-corrected chi connectivity index (χ3v) is 2.27. The number of benzene rings is 1. The van der Waals surface area contributed by atoms with E-state index >= 15 is 0 Å². The van der Waals surface area contributed by atoms with Gasteiger partial charge in [0.25, 0.3) is 0 Å². The van der Waals surface area contributed by atoms with E-state index in [1.807, 2.05) is 30.4 Å². The van der Waals surface area contributed by atoms with Gasteiger partial charge in [-0.1, -0.05) is 41.5 Å².